The second kappa shape index (κ2) is 11.9. The first kappa shape index (κ1) is 27.7. The molecule has 10 heteroatoms. The Kier molecular flexibility index (Phi) is 9.13. The van der Waals surface area contributed by atoms with E-state index in [4.69, 9.17) is 0 Å². The lowest BCUT2D eigenvalue weighted by Gasteiger charge is -2.31. The average Bonchev–Trinajstić information content (AvgIpc) is 3.30. The van der Waals surface area contributed by atoms with Crippen LogP contribution in [0.2, 0.25) is 0 Å². The molecular weight excluding hydrogens is 517 g/mol. The second-order valence-electron chi connectivity index (χ2n) is 8.69. The largest absolute Gasteiger partial charge is 0.364 e. The molecule has 4 aromatic rings. The predicted molar refractivity (Wildman–Crippen MR) is 148 cm³/mol. The molecule has 0 fully saturated rings. The Morgan fingerprint density at radius 2 is 1.72 bits per heavy atom. The number of imidazole rings is 1. The third kappa shape index (κ3) is 6.25. The highest BCUT2D eigenvalue weighted by molar-refractivity contribution is 7.88. The fourth-order valence-electron chi connectivity index (χ4n) is 4.65. The molecule has 190 valence electrons. The van der Waals surface area contributed by atoms with Gasteiger partial charge in [-0.25, -0.2) is 13.4 Å². The monoisotopic (exact) mass is 545 g/mol. The van der Waals surface area contributed by atoms with E-state index in [9.17, 15) is 8.42 Å². The number of nitrogens with one attached hydrogen (secondary N) is 1. The number of halogens is 2. The van der Waals surface area contributed by atoms with Crippen molar-refractivity contribution in [1.82, 2.24) is 19.3 Å². The van der Waals surface area contributed by atoms with Gasteiger partial charge in [0.25, 0.3) is 0 Å². The highest BCUT2D eigenvalue weighted by Crippen LogP contribution is 2.34. The van der Waals surface area contributed by atoms with Gasteiger partial charge in [0.15, 0.2) is 0 Å². The summed E-state index contributed by atoms with van der Waals surface area (Å²) >= 11 is 0. The molecule has 0 spiro atoms. The van der Waals surface area contributed by atoms with Crippen LogP contribution in [0.1, 0.15) is 16.8 Å². The number of pyridine rings is 1. The van der Waals surface area contributed by atoms with Crippen molar-refractivity contribution in [2.45, 2.75) is 25.6 Å². The van der Waals surface area contributed by atoms with Gasteiger partial charge in [-0.15, -0.1) is 24.8 Å². The van der Waals surface area contributed by atoms with E-state index in [1.54, 1.807) is 23.0 Å². The zero-order chi connectivity index (χ0) is 23.5. The third-order valence-corrected chi connectivity index (χ3v) is 7.53. The Bertz CT molecular complexity index is 1350. The van der Waals surface area contributed by atoms with Gasteiger partial charge >= 0.3 is 0 Å². The molecule has 7 nitrogen and oxygen atoms in total. The molecule has 0 unspecified atom stereocenters. The fraction of sp³-hybridized carbons (Fsp3) is 0.231. The van der Waals surface area contributed by atoms with E-state index in [1.165, 1.54) is 6.26 Å². The number of sulfonamides is 1. The number of nitrogens with zero attached hydrogens (tertiary/aromatic N) is 4. The summed E-state index contributed by atoms with van der Waals surface area (Å²) in [6.45, 7) is 1.51. The lowest BCUT2D eigenvalue weighted by Crippen LogP contribution is -2.45. The molecule has 1 atom stereocenters. The summed E-state index contributed by atoms with van der Waals surface area (Å²) in [6.07, 6.45) is 8.97. The standard InChI is InChI=1S/C26H27N5O2S.2ClH/c1-34(32,33)31-16-23-14-22(21-9-11-27-12-10-21)7-8-26(23)30(17-24-15-28-19-29-24)18-25(31)13-20-5-3-2-4-6-20;;/h2-12,14-15,19,25H,13,16-18H2,1H3,(H,28,29);2*1H/t25-;;/m1../s1. The molecule has 3 heterocycles. The van der Waals surface area contributed by atoms with Crippen LogP contribution in [0.4, 0.5) is 5.69 Å². The van der Waals surface area contributed by atoms with Gasteiger partial charge in [0, 0.05) is 43.4 Å². The van der Waals surface area contributed by atoms with Gasteiger partial charge in [-0.2, -0.15) is 4.31 Å². The van der Waals surface area contributed by atoms with Crippen molar-refractivity contribution in [3.8, 4) is 11.1 Å². The van der Waals surface area contributed by atoms with Gasteiger partial charge in [-0.05, 0) is 52.9 Å². The van der Waals surface area contributed by atoms with E-state index < -0.39 is 10.0 Å². The van der Waals surface area contributed by atoms with Crippen molar-refractivity contribution in [2.75, 3.05) is 17.7 Å². The maximum absolute atomic E-state index is 13.0. The molecule has 0 radical (unpaired) electrons. The predicted octanol–water partition coefficient (Wildman–Crippen LogP) is 4.71. The normalized spacial score (nSPS) is 15.8. The smallest absolute Gasteiger partial charge is 0.211 e. The van der Waals surface area contributed by atoms with Crippen molar-refractivity contribution in [3.63, 3.8) is 0 Å². The van der Waals surface area contributed by atoms with Gasteiger partial charge < -0.3 is 9.88 Å². The van der Waals surface area contributed by atoms with Gasteiger partial charge in [-0.3, -0.25) is 4.98 Å². The van der Waals surface area contributed by atoms with Crippen LogP contribution in [0.5, 0.6) is 0 Å². The zero-order valence-electron chi connectivity index (χ0n) is 19.8. The molecule has 1 aliphatic heterocycles. The minimum atomic E-state index is -3.45. The average molecular weight is 547 g/mol. The molecule has 1 N–H and O–H groups in total. The highest BCUT2D eigenvalue weighted by Gasteiger charge is 2.33. The van der Waals surface area contributed by atoms with Crippen molar-refractivity contribution < 1.29 is 8.42 Å². The molecule has 0 amide bonds. The lowest BCUT2D eigenvalue weighted by molar-refractivity contribution is 0.320. The van der Waals surface area contributed by atoms with Crippen LogP contribution in [0.25, 0.3) is 11.1 Å². The minimum Gasteiger partial charge on any atom is -0.364 e. The molecule has 0 aliphatic carbocycles. The van der Waals surface area contributed by atoms with Crippen LogP contribution in [0.15, 0.2) is 85.6 Å². The molecule has 5 rings (SSSR count). The Morgan fingerprint density at radius 3 is 2.39 bits per heavy atom. The zero-order valence-corrected chi connectivity index (χ0v) is 22.3. The summed E-state index contributed by atoms with van der Waals surface area (Å²) in [5, 5.41) is 0. The SMILES string of the molecule is CS(=O)(=O)N1Cc2cc(-c3ccncc3)ccc2N(Cc2cnc[nH]2)C[C@H]1Cc1ccccc1.Cl.Cl. The summed E-state index contributed by atoms with van der Waals surface area (Å²) in [5.41, 5.74) is 6.21. The highest BCUT2D eigenvalue weighted by atomic mass is 35.5. The molecule has 36 heavy (non-hydrogen) atoms. The quantitative estimate of drug-likeness (QED) is 0.379. The van der Waals surface area contributed by atoms with Crippen molar-refractivity contribution in [1.29, 1.82) is 0 Å². The summed E-state index contributed by atoms with van der Waals surface area (Å²) in [5.74, 6) is 0. The van der Waals surface area contributed by atoms with E-state index >= 15 is 0 Å². The van der Waals surface area contributed by atoms with E-state index in [0.29, 0.717) is 26.1 Å². The second-order valence-corrected chi connectivity index (χ2v) is 10.6. The molecular formula is C26H29Cl2N5O2S. The number of aromatic amines is 1. The molecule has 0 bridgehead atoms. The van der Waals surface area contributed by atoms with Crippen molar-refractivity contribution >= 4 is 40.5 Å². The summed E-state index contributed by atoms with van der Waals surface area (Å²) < 4.78 is 27.7. The van der Waals surface area contributed by atoms with Crippen molar-refractivity contribution in [3.05, 3.63) is 102 Å². The number of rotatable bonds is 6. The van der Waals surface area contributed by atoms with Crippen LogP contribution in [0, 0.1) is 0 Å². The molecule has 0 saturated carbocycles. The number of aromatic nitrogens is 3. The van der Waals surface area contributed by atoms with Crippen LogP contribution in [0.3, 0.4) is 0 Å². The van der Waals surface area contributed by atoms with Crippen LogP contribution in [-0.4, -0.2) is 46.5 Å². The number of hydrogen-bond acceptors (Lipinski definition) is 5. The number of benzene rings is 2. The van der Waals surface area contributed by atoms with Crippen LogP contribution in [-0.2, 0) is 29.5 Å². The van der Waals surface area contributed by atoms with Crippen LogP contribution >= 0.6 is 24.8 Å². The first-order chi connectivity index (χ1) is 16.5. The first-order valence-electron chi connectivity index (χ1n) is 11.2. The van der Waals surface area contributed by atoms with Gasteiger partial charge in [-0.1, -0.05) is 36.4 Å². The number of anilines is 1. The maximum Gasteiger partial charge on any atom is 0.211 e. The van der Waals surface area contributed by atoms with E-state index in [-0.39, 0.29) is 30.9 Å². The summed E-state index contributed by atoms with van der Waals surface area (Å²) in [7, 11) is -3.45. The first-order valence-corrected chi connectivity index (χ1v) is 13.1. The van der Waals surface area contributed by atoms with Gasteiger partial charge in [0.05, 0.1) is 24.8 Å². The van der Waals surface area contributed by atoms with E-state index in [2.05, 4.69) is 50.2 Å². The molecule has 1 aliphatic rings. The lowest BCUT2D eigenvalue weighted by atomic mass is 10.0. The Hall–Kier alpha value is -2.91. The summed E-state index contributed by atoms with van der Waals surface area (Å²) in [6, 6.07) is 20.1. The summed E-state index contributed by atoms with van der Waals surface area (Å²) in [4.78, 5) is 13.7. The third-order valence-electron chi connectivity index (χ3n) is 6.25. The Morgan fingerprint density at radius 1 is 0.972 bits per heavy atom. The molecule has 2 aromatic heterocycles. The minimum absolute atomic E-state index is 0. The van der Waals surface area contributed by atoms with E-state index in [0.717, 1.165) is 33.6 Å². The molecule has 0 saturated heterocycles. The molecule has 2 aromatic carbocycles. The van der Waals surface area contributed by atoms with Crippen LogP contribution < -0.4 is 4.90 Å². The Labute approximate surface area is 224 Å². The Balaban J connectivity index is 0.00000180. The number of fused-ring (bicyclic) bond motifs is 1. The fourth-order valence-corrected chi connectivity index (χ4v) is 5.71. The van der Waals surface area contributed by atoms with Gasteiger partial charge in [0.1, 0.15) is 0 Å². The van der Waals surface area contributed by atoms with E-state index in [1.807, 2.05) is 36.5 Å². The number of hydrogen-bond donors (Lipinski definition) is 1. The van der Waals surface area contributed by atoms with Gasteiger partial charge in [0.2, 0.25) is 10.0 Å². The topological polar surface area (TPSA) is 82.2 Å². The van der Waals surface area contributed by atoms with Crippen molar-refractivity contribution in [2.24, 2.45) is 0 Å². The maximum atomic E-state index is 13.0. The number of H-pyrrole nitrogens is 1.